The first kappa shape index (κ1) is 19.1. The van der Waals surface area contributed by atoms with Gasteiger partial charge in [-0.05, 0) is 42.7 Å². The average molecular weight is 370 g/mol. The van der Waals surface area contributed by atoms with Gasteiger partial charge in [0.15, 0.2) is 6.10 Å². The first-order valence-corrected chi connectivity index (χ1v) is 9.50. The van der Waals surface area contributed by atoms with Gasteiger partial charge < -0.3 is 15.0 Å². The van der Waals surface area contributed by atoms with Gasteiger partial charge >= 0.3 is 5.97 Å². The Morgan fingerprint density at radius 2 is 1.96 bits per heavy atom. The molecule has 6 heteroatoms. The summed E-state index contributed by atoms with van der Waals surface area (Å²) in [5, 5.41) is 4.16. The van der Waals surface area contributed by atoms with Gasteiger partial charge in [0, 0.05) is 11.4 Å². The summed E-state index contributed by atoms with van der Waals surface area (Å²) < 4.78 is 5.28. The van der Waals surface area contributed by atoms with Crippen molar-refractivity contribution in [2.75, 3.05) is 0 Å². The molecule has 0 unspecified atom stereocenters. The Balaban J connectivity index is 1.66. The minimum atomic E-state index is -0.933. The highest BCUT2D eigenvalue weighted by Gasteiger charge is 2.30. The van der Waals surface area contributed by atoms with Crippen molar-refractivity contribution in [1.82, 2.24) is 10.3 Å². The molecular formula is C21H26N2O4. The van der Waals surface area contributed by atoms with E-state index in [1.807, 2.05) is 0 Å². The topological polar surface area (TPSA) is 88.3 Å². The molecule has 2 aromatic rings. The predicted molar refractivity (Wildman–Crippen MR) is 104 cm³/mol. The van der Waals surface area contributed by atoms with E-state index >= 15 is 0 Å². The highest BCUT2D eigenvalue weighted by Crippen LogP contribution is 2.29. The molecule has 1 aromatic carbocycles. The fourth-order valence-electron chi connectivity index (χ4n) is 3.68. The molecule has 2 N–H and O–H groups in total. The van der Waals surface area contributed by atoms with Gasteiger partial charge in [0.05, 0.1) is 0 Å². The second-order valence-electron chi connectivity index (χ2n) is 7.53. The standard InChI is InChI=1S/C21H26N2O4/c1-12-7-6-10-17(13(12)2)22-19(24)14(3)27-21(26)18-11-15-8-4-5-9-16(15)20(25)23-18/h4-5,8-9,11-14,17H,6-7,10H2,1-3H3,(H,22,24)(H,23,25)/t12-,13+,14-,17+/m0/s1. The third kappa shape index (κ3) is 4.21. The molecule has 0 bridgehead atoms. The molecule has 144 valence electrons. The van der Waals surface area contributed by atoms with Gasteiger partial charge in [-0.2, -0.15) is 0 Å². The number of aromatic nitrogens is 1. The number of rotatable bonds is 4. The lowest BCUT2D eigenvalue weighted by molar-refractivity contribution is -0.130. The van der Waals surface area contributed by atoms with Crippen LogP contribution in [0.1, 0.15) is 50.5 Å². The number of H-pyrrole nitrogens is 1. The Morgan fingerprint density at radius 3 is 2.74 bits per heavy atom. The molecule has 1 aliphatic rings. The molecule has 1 aromatic heterocycles. The minimum Gasteiger partial charge on any atom is -0.448 e. The number of carbonyl (C=O) groups excluding carboxylic acids is 2. The van der Waals surface area contributed by atoms with Crippen molar-refractivity contribution < 1.29 is 14.3 Å². The van der Waals surface area contributed by atoms with Crippen molar-refractivity contribution >= 4 is 22.6 Å². The highest BCUT2D eigenvalue weighted by atomic mass is 16.5. The Hall–Kier alpha value is -2.63. The van der Waals surface area contributed by atoms with E-state index in [4.69, 9.17) is 4.74 Å². The molecule has 0 saturated heterocycles. The number of nitrogens with one attached hydrogen (secondary N) is 2. The largest absolute Gasteiger partial charge is 0.448 e. The number of hydrogen-bond acceptors (Lipinski definition) is 4. The van der Waals surface area contributed by atoms with Crippen molar-refractivity contribution in [3.63, 3.8) is 0 Å². The van der Waals surface area contributed by atoms with Crippen molar-refractivity contribution in [1.29, 1.82) is 0 Å². The van der Waals surface area contributed by atoms with E-state index in [1.165, 1.54) is 6.42 Å². The maximum absolute atomic E-state index is 12.4. The van der Waals surface area contributed by atoms with Crippen LogP contribution in [0.5, 0.6) is 0 Å². The summed E-state index contributed by atoms with van der Waals surface area (Å²) in [6, 6.07) is 8.65. The lowest BCUT2D eigenvalue weighted by atomic mass is 9.78. The molecule has 3 rings (SSSR count). The molecule has 1 saturated carbocycles. The maximum Gasteiger partial charge on any atom is 0.355 e. The van der Waals surface area contributed by atoms with Gasteiger partial charge in [-0.3, -0.25) is 9.59 Å². The number of carbonyl (C=O) groups is 2. The molecule has 0 aliphatic heterocycles. The summed E-state index contributed by atoms with van der Waals surface area (Å²) in [7, 11) is 0. The number of aromatic amines is 1. The first-order chi connectivity index (χ1) is 12.9. The molecule has 0 spiro atoms. The number of pyridine rings is 1. The summed E-state index contributed by atoms with van der Waals surface area (Å²) in [6.07, 6.45) is 2.27. The van der Waals surface area contributed by atoms with Crippen LogP contribution in [0, 0.1) is 11.8 Å². The van der Waals surface area contributed by atoms with Crippen LogP contribution in [-0.4, -0.2) is 29.0 Å². The van der Waals surface area contributed by atoms with Gasteiger partial charge in [-0.25, -0.2) is 4.79 Å². The van der Waals surface area contributed by atoms with Crippen molar-refractivity contribution in [3.8, 4) is 0 Å². The Labute approximate surface area is 158 Å². The maximum atomic E-state index is 12.4. The number of amides is 1. The normalized spacial score (nSPS) is 23.6. The minimum absolute atomic E-state index is 0.0398. The molecule has 27 heavy (non-hydrogen) atoms. The van der Waals surface area contributed by atoms with E-state index in [1.54, 1.807) is 37.3 Å². The van der Waals surface area contributed by atoms with Crippen LogP contribution in [-0.2, 0) is 9.53 Å². The third-order valence-corrected chi connectivity index (χ3v) is 5.66. The average Bonchev–Trinajstić information content (AvgIpc) is 2.65. The van der Waals surface area contributed by atoms with E-state index in [2.05, 4.69) is 24.1 Å². The summed E-state index contributed by atoms with van der Waals surface area (Å²) in [6.45, 7) is 5.89. The molecular weight excluding hydrogens is 344 g/mol. The molecule has 4 atom stereocenters. The predicted octanol–water partition coefficient (Wildman–Crippen LogP) is 3.01. The summed E-state index contributed by atoms with van der Waals surface area (Å²) >= 11 is 0. The van der Waals surface area contributed by atoms with Crippen molar-refractivity contribution in [2.24, 2.45) is 11.8 Å². The van der Waals surface area contributed by atoms with Crippen molar-refractivity contribution in [3.05, 3.63) is 46.4 Å². The van der Waals surface area contributed by atoms with Gasteiger partial charge in [-0.1, -0.05) is 44.9 Å². The first-order valence-electron chi connectivity index (χ1n) is 9.50. The number of benzene rings is 1. The monoisotopic (exact) mass is 370 g/mol. The second kappa shape index (κ2) is 7.94. The molecule has 1 amide bonds. The van der Waals surface area contributed by atoms with Gasteiger partial charge in [-0.15, -0.1) is 0 Å². The zero-order valence-corrected chi connectivity index (χ0v) is 16.0. The third-order valence-electron chi connectivity index (χ3n) is 5.66. The van der Waals surface area contributed by atoms with Gasteiger partial charge in [0.25, 0.3) is 11.5 Å². The zero-order valence-electron chi connectivity index (χ0n) is 16.0. The smallest absolute Gasteiger partial charge is 0.355 e. The number of fused-ring (bicyclic) bond motifs is 1. The van der Waals surface area contributed by atoms with E-state index in [9.17, 15) is 14.4 Å². The van der Waals surface area contributed by atoms with Gasteiger partial charge in [0.2, 0.25) is 0 Å². The lowest BCUT2D eigenvalue weighted by Crippen LogP contribution is -2.47. The SMILES string of the molecule is C[C@@H]1[C@@H](C)CCC[C@H]1NC(=O)[C@H](C)OC(=O)c1cc2ccccc2c(=O)[nH]1. The van der Waals surface area contributed by atoms with Crippen molar-refractivity contribution in [2.45, 2.75) is 52.2 Å². The quantitative estimate of drug-likeness (QED) is 0.810. The molecule has 6 nitrogen and oxygen atoms in total. The van der Waals surface area contributed by atoms with Crippen LogP contribution in [0.25, 0.3) is 10.8 Å². The molecule has 1 heterocycles. The van der Waals surface area contributed by atoms with E-state index in [0.717, 1.165) is 12.8 Å². The van der Waals surface area contributed by atoms with Crippen LogP contribution >= 0.6 is 0 Å². The fraction of sp³-hybridized carbons (Fsp3) is 0.476. The van der Waals surface area contributed by atoms with Crippen LogP contribution < -0.4 is 10.9 Å². The van der Waals surface area contributed by atoms with E-state index < -0.39 is 12.1 Å². The molecule has 1 aliphatic carbocycles. The van der Waals surface area contributed by atoms with E-state index in [-0.39, 0.29) is 23.2 Å². The van der Waals surface area contributed by atoms with Crippen LogP contribution in [0.2, 0.25) is 0 Å². The Bertz CT molecular complexity index is 904. The lowest BCUT2D eigenvalue weighted by Gasteiger charge is -2.35. The Kier molecular flexibility index (Phi) is 5.63. The van der Waals surface area contributed by atoms with E-state index in [0.29, 0.717) is 22.6 Å². The fourth-order valence-corrected chi connectivity index (χ4v) is 3.68. The molecule has 1 fully saturated rings. The zero-order chi connectivity index (χ0) is 19.6. The van der Waals surface area contributed by atoms with Crippen LogP contribution in [0.3, 0.4) is 0 Å². The van der Waals surface area contributed by atoms with Crippen LogP contribution in [0.4, 0.5) is 0 Å². The highest BCUT2D eigenvalue weighted by molar-refractivity contribution is 5.94. The number of ether oxygens (including phenoxy) is 1. The Morgan fingerprint density at radius 1 is 1.22 bits per heavy atom. The van der Waals surface area contributed by atoms with Gasteiger partial charge in [0.1, 0.15) is 5.69 Å². The number of esters is 1. The summed E-state index contributed by atoms with van der Waals surface area (Å²) in [5.74, 6) is -0.0741. The van der Waals surface area contributed by atoms with Crippen LogP contribution in [0.15, 0.2) is 35.1 Å². The second-order valence-corrected chi connectivity index (χ2v) is 7.53. The summed E-state index contributed by atoms with van der Waals surface area (Å²) in [4.78, 5) is 39.5. The molecule has 0 radical (unpaired) electrons. The summed E-state index contributed by atoms with van der Waals surface area (Å²) in [5.41, 5.74) is -0.319. The number of hydrogen-bond donors (Lipinski definition) is 2.